The van der Waals surface area contributed by atoms with E-state index >= 15 is 0 Å². The minimum Gasteiger partial charge on any atom is -0.490 e. The van der Waals surface area contributed by atoms with Gasteiger partial charge in [-0.25, -0.2) is 9.78 Å². The lowest BCUT2D eigenvalue weighted by Crippen LogP contribution is -2.22. The van der Waals surface area contributed by atoms with Gasteiger partial charge in [0.25, 0.3) is 5.91 Å². The van der Waals surface area contributed by atoms with Gasteiger partial charge in [0, 0.05) is 11.6 Å². The number of hydrogen-bond donors (Lipinski definition) is 2. The first-order valence-electron chi connectivity index (χ1n) is 7.90. The number of aromatic nitrogens is 1. The lowest BCUT2D eigenvalue weighted by Gasteiger charge is -2.16. The maximum atomic E-state index is 11.7. The number of amides is 2. The number of benzene rings is 1. The van der Waals surface area contributed by atoms with Crippen LogP contribution in [-0.2, 0) is 4.74 Å². The first kappa shape index (κ1) is 16.8. The van der Waals surface area contributed by atoms with Gasteiger partial charge in [-0.15, -0.1) is 0 Å². The molecule has 2 amide bonds. The number of primary amides is 1. The SMILES string of the molecule is CC(C)Oc1cc2c(OC[C@H]3CNC(=O)O3)nccc2cc1C(N)=O. The number of rotatable bonds is 6. The van der Waals surface area contributed by atoms with Crippen molar-refractivity contribution in [2.75, 3.05) is 13.2 Å². The molecule has 1 aliphatic rings. The molecule has 8 heteroatoms. The summed E-state index contributed by atoms with van der Waals surface area (Å²) in [5, 5.41) is 3.99. The zero-order valence-electron chi connectivity index (χ0n) is 13.9. The molecule has 25 heavy (non-hydrogen) atoms. The minimum absolute atomic E-state index is 0.124. The molecule has 1 fully saturated rings. The minimum atomic E-state index is -0.569. The number of nitrogens with one attached hydrogen (secondary N) is 1. The van der Waals surface area contributed by atoms with Crippen molar-refractivity contribution in [3.63, 3.8) is 0 Å². The molecule has 1 aromatic carbocycles. The van der Waals surface area contributed by atoms with Crippen LogP contribution >= 0.6 is 0 Å². The Kier molecular flexibility index (Phi) is 4.60. The van der Waals surface area contributed by atoms with Crippen LogP contribution < -0.4 is 20.5 Å². The Morgan fingerprint density at radius 2 is 2.28 bits per heavy atom. The second-order valence-corrected chi connectivity index (χ2v) is 5.94. The van der Waals surface area contributed by atoms with Crippen molar-refractivity contribution in [2.24, 2.45) is 5.73 Å². The highest BCUT2D eigenvalue weighted by molar-refractivity contribution is 6.01. The standard InChI is InChI=1S/C17H19N3O5/c1-9(2)24-14-6-12-10(5-13(14)15(18)21)3-4-19-16(12)23-8-11-7-20-17(22)25-11/h3-6,9,11H,7-8H2,1-2H3,(H2,18,21)(H,20,22)/t11-/m1/s1. The molecule has 1 atom stereocenters. The average molecular weight is 345 g/mol. The van der Waals surface area contributed by atoms with Crippen molar-refractivity contribution in [1.29, 1.82) is 0 Å². The highest BCUT2D eigenvalue weighted by atomic mass is 16.6. The van der Waals surface area contributed by atoms with Crippen LogP contribution in [0.2, 0.25) is 0 Å². The summed E-state index contributed by atoms with van der Waals surface area (Å²) in [5.74, 6) is 0.174. The fourth-order valence-corrected chi connectivity index (χ4v) is 2.53. The molecule has 0 spiro atoms. The van der Waals surface area contributed by atoms with Crippen LogP contribution in [0.15, 0.2) is 24.4 Å². The van der Waals surface area contributed by atoms with Crippen molar-refractivity contribution in [3.8, 4) is 11.6 Å². The van der Waals surface area contributed by atoms with Gasteiger partial charge < -0.3 is 25.3 Å². The molecule has 2 heterocycles. The molecule has 0 bridgehead atoms. The normalized spacial score (nSPS) is 16.6. The molecule has 1 saturated heterocycles. The van der Waals surface area contributed by atoms with Crippen LogP contribution in [0.1, 0.15) is 24.2 Å². The van der Waals surface area contributed by atoms with E-state index in [1.165, 1.54) is 0 Å². The second kappa shape index (κ2) is 6.84. The zero-order valence-corrected chi connectivity index (χ0v) is 13.9. The van der Waals surface area contributed by atoms with Crippen molar-refractivity contribution in [3.05, 3.63) is 30.0 Å². The van der Waals surface area contributed by atoms with Gasteiger partial charge in [-0.05, 0) is 37.4 Å². The maximum Gasteiger partial charge on any atom is 0.407 e. The second-order valence-electron chi connectivity index (χ2n) is 5.94. The van der Waals surface area contributed by atoms with Crippen LogP contribution in [0.4, 0.5) is 4.79 Å². The smallest absolute Gasteiger partial charge is 0.407 e. The lowest BCUT2D eigenvalue weighted by molar-refractivity contribution is 0.0994. The number of nitrogens with zero attached hydrogens (tertiary/aromatic N) is 1. The summed E-state index contributed by atoms with van der Waals surface area (Å²) in [6.07, 6.45) is 0.615. The maximum absolute atomic E-state index is 11.7. The molecule has 132 valence electrons. The summed E-state index contributed by atoms with van der Waals surface area (Å²) in [5.41, 5.74) is 5.75. The third kappa shape index (κ3) is 3.73. The molecule has 0 saturated carbocycles. The number of pyridine rings is 1. The average Bonchev–Trinajstić information content (AvgIpc) is 2.97. The highest BCUT2D eigenvalue weighted by Crippen LogP contribution is 2.31. The summed E-state index contributed by atoms with van der Waals surface area (Å²) in [6.45, 7) is 4.27. The van der Waals surface area contributed by atoms with Crippen LogP contribution in [0.25, 0.3) is 10.8 Å². The van der Waals surface area contributed by atoms with E-state index in [-0.39, 0.29) is 18.8 Å². The molecule has 0 aliphatic carbocycles. The van der Waals surface area contributed by atoms with Gasteiger partial charge in [0.15, 0.2) is 6.10 Å². The molecule has 3 rings (SSSR count). The third-order valence-electron chi connectivity index (χ3n) is 3.61. The van der Waals surface area contributed by atoms with Gasteiger partial charge in [0.1, 0.15) is 12.4 Å². The third-order valence-corrected chi connectivity index (χ3v) is 3.61. The molecule has 3 N–H and O–H groups in total. The summed E-state index contributed by atoms with van der Waals surface area (Å²) < 4.78 is 16.4. The Morgan fingerprint density at radius 3 is 2.92 bits per heavy atom. The highest BCUT2D eigenvalue weighted by Gasteiger charge is 2.23. The summed E-state index contributed by atoms with van der Waals surface area (Å²) in [7, 11) is 0. The van der Waals surface area contributed by atoms with Gasteiger partial charge in [-0.1, -0.05) is 0 Å². The van der Waals surface area contributed by atoms with E-state index in [0.29, 0.717) is 29.1 Å². The van der Waals surface area contributed by atoms with Gasteiger partial charge in [-0.3, -0.25) is 4.79 Å². The van der Waals surface area contributed by atoms with E-state index in [1.54, 1.807) is 24.4 Å². The summed E-state index contributed by atoms with van der Waals surface area (Å²) in [4.78, 5) is 27.0. The Labute approximate surface area is 144 Å². The van der Waals surface area contributed by atoms with E-state index in [9.17, 15) is 9.59 Å². The largest absolute Gasteiger partial charge is 0.490 e. The van der Waals surface area contributed by atoms with Crippen molar-refractivity contribution >= 4 is 22.8 Å². The van der Waals surface area contributed by atoms with Crippen molar-refractivity contribution in [1.82, 2.24) is 10.3 Å². The molecule has 1 aliphatic heterocycles. The number of alkyl carbamates (subject to hydrolysis) is 1. The Morgan fingerprint density at radius 1 is 1.48 bits per heavy atom. The molecule has 1 aromatic heterocycles. The first-order valence-corrected chi connectivity index (χ1v) is 7.90. The number of carbonyl (C=O) groups excluding carboxylic acids is 2. The number of fused-ring (bicyclic) bond motifs is 1. The van der Waals surface area contributed by atoms with Crippen LogP contribution in [0.5, 0.6) is 11.6 Å². The molecule has 0 unspecified atom stereocenters. The van der Waals surface area contributed by atoms with E-state index in [4.69, 9.17) is 19.9 Å². The van der Waals surface area contributed by atoms with Gasteiger partial charge in [-0.2, -0.15) is 0 Å². The predicted molar refractivity (Wildman–Crippen MR) is 89.8 cm³/mol. The number of hydrogen-bond acceptors (Lipinski definition) is 6. The van der Waals surface area contributed by atoms with E-state index in [0.717, 1.165) is 5.39 Å². The van der Waals surface area contributed by atoms with Gasteiger partial charge >= 0.3 is 6.09 Å². The number of cyclic esters (lactones) is 1. The van der Waals surface area contributed by atoms with Crippen LogP contribution in [-0.4, -0.2) is 42.3 Å². The molecule has 0 radical (unpaired) electrons. The van der Waals surface area contributed by atoms with Gasteiger partial charge in [0.05, 0.1) is 18.2 Å². The van der Waals surface area contributed by atoms with E-state index in [2.05, 4.69) is 10.3 Å². The first-order chi connectivity index (χ1) is 11.9. The van der Waals surface area contributed by atoms with Crippen LogP contribution in [0, 0.1) is 0 Å². The van der Waals surface area contributed by atoms with Crippen molar-refractivity contribution in [2.45, 2.75) is 26.1 Å². The zero-order chi connectivity index (χ0) is 18.0. The van der Waals surface area contributed by atoms with Crippen LogP contribution in [0.3, 0.4) is 0 Å². The predicted octanol–water partition coefficient (Wildman–Crippen LogP) is 1.61. The summed E-state index contributed by atoms with van der Waals surface area (Å²) in [6, 6.07) is 5.10. The van der Waals surface area contributed by atoms with E-state index < -0.39 is 12.0 Å². The number of carbonyl (C=O) groups is 2. The monoisotopic (exact) mass is 345 g/mol. The van der Waals surface area contributed by atoms with Gasteiger partial charge in [0.2, 0.25) is 5.88 Å². The Balaban J connectivity index is 1.93. The quantitative estimate of drug-likeness (QED) is 0.822. The molecule has 2 aromatic rings. The van der Waals surface area contributed by atoms with Crippen molar-refractivity contribution < 1.29 is 23.8 Å². The molecule has 8 nitrogen and oxygen atoms in total. The molecular weight excluding hydrogens is 326 g/mol. The Bertz CT molecular complexity index is 821. The lowest BCUT2D eigenvalue weighted by atomic mass is 10.1. The number of nitrogens with two attached hydrogens (primary N) is 1. The number of ether oxygens (including phenoxy) is 3. The fourth-order valence-electron chi connectivity index (χ4n) is 2.53. The topological polar surface area (TPSA) is 113 Å². The van der Waals surface area contributed by atoms with E-state index in [1.807, 2.05) is 13.8 Å². The Hall–Kier alpha value is -3.03. The molecular formula is C17H19N3O5. The fraction of sp³-hybridized carbons (Fsp3) is 0.353. The summed E-state index contributed by atoms with van der Waals surface area (Å²) >= 11 is 0.